The summed E-state index contributed by atoms with van der Waals surface area (Å²) >= 11 is 1.97. The maximum absolute atomic E-state index is 3.66. The van der Waals surface area contributed by atoms with Crippen molar-refractivity contribution in [1.29, 1.82) is 0 Å². The lowest BCUT2D eigenvalue weighted by Gasteiger charge is -2.15. The second-order valence-corrected chi connectivity index (χ2v) is 7.63. The molecule has 0 spiro atoms. The largest absolute Gasteiger partial charge is 0.152 e. The molecule has 0 aliphatic carbocycles. The van der Waals surface area contributed by atoms with Crippen LogP contribution in [-0.2, 0) is 0 Å². The van der Waals surface area contributed by atoms with Gasteiger partial charge in [0.05, 0.1) is 0 Å². The van der Waals surface area contributed by atoms with Gasteiger partial charge in [-0.15, -0.1) is 6.58 Å². The van der Waals surface area contributed by atoms with Gasteiger partial charge in [-0.25, -0.2) is 0 Å². The summed E-state index contributed by atoms with van der Waals surface area (Å²) in [7, 11) is 3.59. The van der Waals surface area contributed by atoms with E-state index in [1.54, 1.807) is 10.8 Å². The average molecular weight is 234 g/mol. The Hall–Kier alpha value is 0.530. The molecule has 0 fully saturated rings. The minimum Gasteiger partial charge on any atom is -0.152 e. The molecule has 0 N–H and O–H groups in total. The summed E-state index contributed by atoms with van der Waals surface area (Å²) < 4.78 is 0.378. The van der Waals surface area contributed by atoms with Gasteiger partial charge in [0.25, 0.3) is 0 Å². The fourth-order valence-electron chi connectivity index (χ4n) is 0.503. The molecular formula is C10H18S3. The molecule has 3 heteroatoms. The van der Waals surface area contributed by atoms with Crippen LogP contribution in [0.25, 0.3) is 0 Å². The van der Waals surface area contributed by atoms with Crippen LogP contribution in [0.1, 0.15) is 20.8 Å². The monoisotopic (exact) mass is 234 g/mol. The quantitative estimate of drug-likeness (QED) is 0.374. The van der Waals surface area contributed by atoms with E-state index >= 15 is 0 Å². The van der Waals surface area contributed by atoms with Gasteiger partial charge in [-0.3, -0.25) is 0 Å². The standard InChI is InChI=1S/C10H18S3/c1-5-7-12-13-9-6-8-11-10(2,3)4/h5-6,9H,1,7-8H2,2-4H3. The first-order chi connectivity index (χ1) is 6.06. The third kappa shape index (κ3) is 12.5. The molecule has 0 radical (unpaired) electrons. The molecule has 76 valence electrons. The predicted octanol–water partition coefficient (Wildman–Crippen LogP) is 4.60. The third-order valence-corrected chi connectivity index (χ3v) is 4.20. The molecule has 0 heterocycles. The maximum Gasteiger partial charge on any atom is 0.0218 e. The molecule has 0 aliphatic rings. The number of rotatable bonds is 6. The van der Waals surface area contributed by atoms with E-state index in [0.29, 0.717) is 4.75 Å². The van der Waals surface area contributed by atoms with E-state index in [2.05, 4.69) is 38.8 Å². The topological polar surface area (TPSA) is 0 Å². The van der Waals surface area contributed by atoms with Crippen LogP contribution >= 0.6 is 33.3 Å². The van der Waals surface area contributed by atoms with Crippen molar-refractivity contribution in [3.63, 3.8) is 0 Å². The first-order valence-electron chi connectivity index (χ1n) is 4.24. The van der Waals surface area contributed by atoms with Crippen molar-refractivity contribution in [3.05, 3.63) is 24.1 Å². The molecule has 0 saturated carbocycles. The van der Waals surface area contributed by atoms with E-state index in [1.807, 2.05) is 28.6 Å². The summed E-state index contributed by atoms with van der Waals surface area (Å²) in [5.41, 5.74) is 0. The van der Waals surface area contributed by atoms with Crippen LogP contribution in [0.4, 0.5) is 0 Å². The fourth-order valence-corrected chi connectivity index (χ4v) is 2.74. The SMILES string of the molecule is C=CCSSC=CCSC(C)(C)C. The van der Waals surface area contributed by atoms with Crippen LogP contribution in [0.15, 0.2) is 24.1 Å². The van der Waals surface area contributed by atoms with Crippen molar-refractivity contribution in [2.45, 2.75) is 25.5 Å². The van der Waals surface area contributed by atoms with E-state index in [9.17, 15) is 0 Å². The Bertz CT molecular complexity index is 156. The van der Waals surface area contributed by atoms with E-state index in [-0.39, 0.29) is 0 Å². The summed E-state index contributed by atoms with van der Waals surface area (Å²) in [4.78, 5) is 0. The van der Waals surface area contributed by atoms with Crippen LogP contribution < -0.4 is 0 Å². The van der Waals surface area contributed by atoms with Gasteiger partial charge in [0.1, 0.15) is 0 Å². The van der Waals surface area contributed by atoms with Crippen molar-refractivity contribution in [1.82, 2.24) is 0 Å². The second kappa shape index (κ2) is 7.89. The van der Waals surface area contributed by atoms with Gasteiger partial charge in [0.15, 0.2) is 0 Å². The minimum atomic E-state index is 0.378. The van der Waals surface area contributed by atoms with Gasteiger partial charge in [-0.2, -0.15) is 11.8 Å². The van der Waals surface area contributed by atoms with Gasteiger partial charge in [0.2, 0.25) is 0 Å². The van der Waals surface area contributed by atoms with Crippen LogP contribution in [0.2, 0.25) is 0 Å². The summed E-state index contributed by atoms with van der Waals surface area (Å²) in [5, 5.41) is 2.16. The molecular weight excluding hydrogens is 216 g/mol. The molecule has 0 aliphatic heterocycles. The zero-order valence-corrected chi connectivity index (χ0v) is 11.0. The Labute approximate surface area is 94.4 Å². The summed E-state index contributed by atoms with van der Waals surface area (Å²) in [5.74, 6) is 2.12. The molecule has 0 atom stereocenters. The Morgan fingerprint density at radius 2 is 1.92 bits per heavy atom. The highest BCUT2D eigenvalue weighted by molar-refractivity contribution is 8.77. The van der Waals surface area contributed by atoms with E-state index < -0.39 is 0 Å². The Balaban J connectivity index is 3.27. The van der Waals surface area contributed by atoms with Crippen molar-refractivity contribution < 1.29 is 0 Å². The smallest absolute Gasteiger partial charge is 0.0218 e. The van der Waals surface area contributed by atoms with Gasteiger partial charge < -0.3 is 0 Å². The van der Waals surface area contributed by atoms with Gasteiger partial charge >= 0.3 is 0 Å². The molecule has 0 nitrogen and oxygen atoms in total. The van der Waals surface area contributed by atoms with Crippen LogP contribution in [0, 0.1) is 0 Å². The number of hydrogen-bond donors (Lipinski definition) is 0. The summed E-state index contributed by atoms with van der Waals surface area (Å²) in [6, 6.07) is 0. The molecule has 0 bridgehead atoms. The summed E-state index contributed by atoms with van der Waals surface area (Å²) in [6.45, 7) is 10.4. The molecule has 0 saturated heterocycles. The minimum absolute atomic E-state index is 0.378. The highest BCUT2D eigenvalue weighted by atomic mass is 33.1. The maximum atomic E-state index is 3.66. The molecule has 0 aromatic carbocycles. The summed E-state index contributed by atoms with van der Waals surface area (Å²) in [6.07, 6.45) is 4.14. The van der Waals surface area contributed by atoms with E-state index in [4.69, 9.17) is 0 Å². The lowest BCUT2D eigenvalue weighted by Crippen LogP contribution is -2.07. The zero-order chi connectivity index (χ0) is 10.2. The van der Waals surface area contributed by atoms with Crippen molar-refractivity contribution in [2.75, 3.05) is 11.5 Å². The fraction of sp³-hybridized carbons (Fsp3) is 0.600. The molecule has 0 unspecified atom stereocenters. The van der Waals surface area contributed by atoms with Gasteiger partial charge in [-0.05, 0) is 5.41 Å². The predicted molar refractivity (Wildman–Crippen MR) is 71.6 cm³/mol. The normalized spacial score (nSPS) is 12.2. The van der Waals surface area contributed by atoms with Gasteiger partial charge in [0, 0.05) is 16.3 Å². The van der Waals surface area contributed by atoms with Crippen LogP contribution in [-0.4, -0.2) is 16.3 Å². The molecule has 0 rings (SSSR count). The van der Waals surface area contributed by atoms with E-state index in [1.165, 1.54) is 0 Å². The van der Waals surface area contributed by atoms with Gasteiger partial charge in [-0.1, -0.05) is 54.5 Å². The zero-order valence-electron chi connectivity index (χ0n) is 8.58. The van der Waals surface area contributed by atoms with Crippen LogP contribution in [0.5, 0.6) is 0 Å². The lowest BCUT2D eigenvalue weighted by molar-refractivity contribution is 0.804. The second-order valence-electron chi connectivity index (χ2n) is 3.46. The lowest BCUT2D eigenvalue weighted by atomic mass is 10.3. The molecule has 0 amide bonds. The highest BCUT2D eigenvalue weighted by Crippen LogP contribution is 2.25. The van der Waals surface area contributed by atoms with E-state index in [0.717, 1.165) is 11.5 Å². The molecule has 13 heavy (non-hydrogen) atoms. The Kier molecular flexibility index (Phi) is 8.21. The number of hydrogen-bond acceptors (Lipinski definition) is 3. The van der Waals surface area contributed by atoms with Crippen molar-refractivity contribution >= 4 is 33.3 Å². The Morgan fingerprint density at radius 1 is 1.23 bits per heavy atom. The molecule has 0 aromatic rings. The molecule has 0 aromatic heterocycles. The number of thioether (sulfide) groups is 1. The van der Waals surface area contributed by atoms with Crippen molar-refractivity contribution in [2.24, 2.45) is 0 Å². The Morgan fingerprint density at radius 3 is 2.46 bits per heavy atom. The third-order valence-electron chi connectivity index (χ3n) is 1.02. The first kappa shape index (κ1) is 13.5. The highest BCUT2D eigenvalue weighted by Gasteiger charge is 2.07. The van der Waals surface area contributed by atoms with Crippen molar-refractivity contribution in [3.8, 4) is 0 Å². The van der Waals surface area contributed by atoms with Crippen LogP contribution in [0.3, 0.4) is 0 Å². The average Bonchev–Trinajstić information content (AvgIpc) is 2.01. The first-order valence-corrected chi connectivity index (χ1v) is 7.61.